The topological polar surface area (TPSA) is 52.5 Å². The molecule has 0 aromatic heterocycles. The van der Waals surface area contributed by atoms with E-state index in [0.717, 1.165) is 12.1 Å². The summed E-state index contributed by atoms with van der Waals surface area (Å²) in [5.74, 6) is 0.625. The molecular formula is C11H15NO2. The molecule has 0 radical (unpaired) electrons. The predicted octanol–water partition coefficient (Wildman–Crippen LogP) is 1.67. The van der Waals surface area contributed by atoms with Gasteiger partial charge in [0.2, 0.25) is 0 Å². The van der Waals surface area contributed by atoms with Gasteiger partial charge in [-0.05, 0) is 18.1 Å². The summed E-state index contributed by atoms with van der Waals surface area (Å²) in [6.45, 7) is 2.24. The zero-order valence-electron chi connectivity index (χ0n) is 8.20. The number of nitrogens with one attached hydrogen (secondary N) is 1. The van der Waals surface area contributed by atoms with Gasteiger partial charge in [-0.1, -0.05) is 13.0 Å². The minimum absolute atomic E-state index is 0.0943. The molecule has 2 atom stereocenters. The minimum Gasteiger partial charge on any atom is -0.508 e. The summed E-state index contributed by atoms with van der Waals surface area (Å²) in [5.41, 5.74) is 2.15. The quantitative estimate of drug-likeness (QED) is 0.669. The lowest BCUT2D eigenvalue weighted by molar-refractivity contribution is 0.261. The Balaban J connectivity index is 2.37. The fourth-order valence-electron chi connectivity index (χ4n) is 2.19. The highest BCUT2D eigenvalue weighted by atomic mass is 16.3. The van der Waals surface area contributed by atoms with E-state index in [9.17, 15) is 10.2 Å². The first-order valence-electron chi connectivity index (χ1n) is 4.96. The summed E-state index contributed by atoms with van der Waals surface area (Å²) >= 11 is 0. The van der Waals surface area contributed by atoms with E-state index in [2.05, 4.69) is 12.2 Å². The number of hydrogen-bond acceptors (Lipinski definition) is 3. The average molecular weight is 193 g/mol. The minimum atomic E-state index is 0.0943. The summed E-state index contributed by atoms with van der Waals surface area (Å²) in [5, 5.41) is 21.7. The van der Waals surface area contributed by atoms with Crippen LogP contribution in [0.2, 0.25) is 0 Å². The SMILES string of the molecule is CCC1c2ccc(O)cc2NC1CO. The van der Waals surface area contributed by atoms with Crippen molar-refractivity contribution in [3.63, 3.8) is 0 Å². The summed E-state index contributed by atoms with van der Waals surface area (Å²) in [7, 11) is 0. The van der Waals surface area contributed by atoms with Crippen molar-refractivity contribution >= 4 is 5.69 Å². The second-order valence-corrected chi connectivity index (χ2v) is 3.72. The number of phenolic OH excluding ortho intramolecular Hbond substituents is 1. The van der Waals surface area contributed by atoms with E-state index in [1.165, 1.54) is 5.56 Å². The number of hydrogen-bond donors (Lipinski definition) is 3. The van der Waals surface area contributed by atoms with Crippen LogP contribution in [0, 0.1) is 0 Å². The number of benzene rings is 1. The van der Waals surface area contributed by atoms with Crippen LogP contribution in [-0.4, -0.2) is 22.9 Å². The van der Waals surface area contributed by atoms with E-state index < -0.39 is 0 Å². The molecule has 2 rings (SSSR count). The van der Waals surface area contributed by atoms with Gasteiger partial charge in [0.25, 0.3) is 0 Å². The summed E-state index contributed by atoms with van der Waals surface area (Å²) in [4.78, 5) is 0. The summed E-state index contributed by atoms with van der Waals surface area (Å²) in [6.07, 6.45) is 0.996. The number of aliphatic hydroxyl groups excluding tert-OH is 1. The van der Waals surface area contributed by atoms with E-state index in [1.807, 2.05) is 6.07 Å². The molecule has 76 valence electrons. The molecule has 0 bridgehead atoms. The molecule has 0 amide bonds. The van der Waals surface area contributed by atoms with Crippen LogP contribution in [0.5, 0.6) is 5.75 Å². The van der Waals surface area contributed by atoms with Crippen molar-refractivity contribution in [1.82, 2.24) is 0 Å². The van der Waals surface area contributed by atoms with Crippen molar-refractivity contribution in [3.05, 3.63) is 23.8 Å². The van der Waals surface area contributed by atoms with Crippen molar-refractivity contribution in [1.29, 1.82) is 0 Å². The molecule has 0 saturated carbocycles. The molecule has 1 aromatic rings. The Hall–Kier alpha value is -1.22. The van der Waals surface area contributed by atoms with Gasteiger partial charge in [-0.2, -0.15) is 0 Å². The Labute approximate surface area is 83.4 Å². The van der Waals surface area contributed by atoms with E-state index >= 15 is 0 Å². The van der Waals surface area contributed by atoms with Crippen molar-refractivity contribution < 1.29 is 10.2 Å². The maximum atomic E-state index is 9.31. The number of anilines is 1. The molecule has 1 heterocycles. The van der Waals surface area contributed by atoms with Crippen molar-refractivity contribution in [2.24, 2.45) is 0 Å². The molecule has 1 aromatic carbocycles. The molecular weight excluding hydrogens is 178 g/mol. The zero-order chi connectivity index (χ0) is 10.1. The van der Waals surface area contributed by atoms with Gasteiger partial charge in [0.15, 0.2) is 0 Å². The highest BCUT2D eigenvalue weighted by Gasteiger charge is 2.29. The third kappa shape index (κ3) is 1.34. The lowest BCUT2D eigenvalue weighted by atomic mass is 9.93. The van der Waals surface area contributed by atoms with Crippen LogP contribution < -0.4 is 5.32 Å². The van der Waals surface area contributed by atoms with Crippen LogP contribution in [0.4, 0.5) is 5.69 Å². The Kier molecular flexibility index (Phi) is 2.33. The molecule has 0 spiro atoms. The number of aliphatic hydroxyl groups is 1. The number of phenols is 1. The van der Waals surface area contributed by atoms with E-state index in [-0.39, 0.29) is 18.4 Å². The molecule has 3 heteroatoms. The fraction of sp³-hybridized carbons (Fsp3) is 0.455. The summed E-state index contributed by atoms with van der Waals surface area (Å²) < 4.78 is 0. The van der Waals surface area contributed by atoms with Gasteiger partial charge >= 0.3 is 0 Å². The predicted molar refractivity (Wildman–Crippen MR) is 55.6 cm³/mol. The smallest absolute Gasteiger partial charge is 0.117 e. The monoisotopic (exact) mass is 193 g/mol. The molecule has 0 aliphatic carbocycles. The normalized spacial score (nSPS) is 24.4. The number of aromatic hydroxyl groups is 1. The standard InChI is InChI=1S/C11H15NO2/c1-2-8-9-4-3-7(14)5-10(9)12-11(8)6-13/h3-5,8,11-14H,2,6H2,1H3. The fourth-order valence-corrected chi connectivity index (χ4v) is 2.19. The highest BCUT2D eigenvalue weighted by Crippen LogP contribution is 2.39. The van der Waals surface area contributed by atoms with Crippen molar-refractivity contribution in [2.45, 2.75) is 25.3 Å². The maximum absolute atomic E-state index is 9.31. The molecule has 0 saturated heterocycles. The van der Waals surface area contributed by atoms with Crippen molar-refractivity contribution in [3.8, 4) is 5.75 Å². The van der Waals surface area contributed by atoms with Gasteiger partial charge < -0.3 is 15.5 Å². The van der Waals surface area contributed by atoms with Crippen LogP contribution in [0.1, 0.15) is 24.8 Å². The van der Waals surface area contributed by atoms with Gasteiger partial charge in [0, 0.05) is 17.7 Å². The van der Waals surface area contributed by atoms with Crippen LogP contribution >= 0.6 is 0 Å². The van der Waals surface area contributed by atoms with E-state index in [4.69, 9.17) is 0 Å². The van der Waals surface area contributed by atoms with Crippen LogP contribution in [-0.2, 0) is 0 Å². The third-order valence-corrected chi connectivity index (χ3v) is 2.90. The first kappa shape index (κ1) is 9.34. The molecule has 1 aliphatic rings. The zero-order valence-corrected chi connectivity index (χ0v) is 8.20. The van der Waals surface area contributed by atoms with Crippen LogP contribution in [0.25, 0.3) is 0 Å². The first-order chi connectivity index (χ1) is 6.76. The Morgan fingerprint density at radius 3 is 2.86 bits per heavy atom. The largest absolute Gasteiger partial charge is 0.508 e. The molecule has 0 fully saturated rings. The highest BCUT2D eigenvalue weighted by molar-refractivity contribution is 5.61. The second-order valence-electron chi connectivity index (χ2n) is 3.72. The summed E-state index contributed by atoms with van der Waals surface area (Å²) in [6, 6.07) is 5.44. The van der Waals surface area contributed by atoms with Crippen LogP contribution in [0.3, 0.4) is 0 Å². The third-order valence-electron chi connectivity index (χ3n) is 2.90. The number of fused-ring (bicyclic) bond motifs is 1. The number of rotatable bonds is 2. The lowest BCUT2D eigenvalue weighted by Gasteiger charge is -2.15. The van der Waals surface area contributed by atoms with Crippen molar-refractivity contribution in [2.75, 3.05) is 11.9 Å². The second kappa shape index (κ2) is 3.50. The Morgan fingerprint density at radius 1 is 1.43 bits per heavy atom. The molecule has 1 aliphatic heterocycles. The van der Waals surface area contributed by atoms with E-state index in [0.29, 0.717) is 5.92 Å². The average Bonchev–Trinajstić information content (AvgIpc) is 2.54. The van der Waals surface area contributed by atoms with Gasteiger partial charge in [-0.15, -0.1) is 0 Å². The van der Waals surface area contributed by atoms with Gasteiger partial charge in [-0.3, -0.25) is 0 Å². The Bertz CT molecular complexity index is 338. The molecule has 2 unspecified atom stereocenters. The Morgan fingerprint density at radius 2 is 2.21 bits per heavy atom. The first-order valence-corrected chi connectivity index (χ1v) is 4.96. The van der Waals surface area contributed by atoms with Gasteiger partial charge in [0.1, 0.15) is 5.75 Å². The molecule has 14 heavy (non-hydrogen) atoms. The van der Waals surface area contributed by atoms with Gasteiger partial charge in [-0.25, -0.2) is 0 Å². The van der Waals surface area contributed by atoms with Gasteiger partial charge in [0.05, 0.1) is 12.6 Å². The lowest BCUT2D eigenvalue weighted by Crippen LogP contribution is -2.24. The molecule has 3 nitrogen and oxygen atoms in total. The van der Waals surface area contributed by atoms with Crippen LogP contribution in [0.15, 0.2) is 18.2 Å². The maximum Gasteiger partial charge on any atom is 0.117 e. The van der Waals surface area contributed by atoms with E-state index in [1.54, 1.807) is 12.1 Å². The molecule has 3 N–H and O–H groups in total.